The van der Waals surface area contributed by atoms with Gasteiger partial charge in [-0.05, 0) is 43.2 Å². The molecule has 3 amide bonds. The molecule has 1 saturated heterocycles. The van der Waals surface area contributed by atoms with E-state index in [-0.39, 0.29) is 23.6 Å². The van der Waals surface area contributed by atoms with E-state index in [0.717, 1.165) is 12.0 Å². The van der Waals surface area contributed by atoms with Gasteiger partial charge in [0, 0.05) is 38.2 Å². The van der Waals surface area contributed by atoms with Crippen LogP contribution in [0, 0.1) is 18.8 Å². The Balaban J connectivity index is 1.98. The molecule has 1 atom stereocenters. The highest BCUT2D eigenvalue weighted by Crippen LogP contribution is 2.14. The number of amides is 3. The first-order chi connectivity index (χ1) is 14.2. The first-order valence-electron chi connectivity index (χ1n) is 11.1. The molecule has 1 N–H and O–H groups in total. The summed E-state index contributed by atoms with van der Waals surface area (Å²) in [5.41, 5.74) is 1.49. The minimum atomic E-state index is -0.555. The number of hydrogen-bond acceptors (Lipinski definition) is 3. The van der Waals surface area contributed by atoms with Gasteiger partial charge >= 0.3 is 0 Å². The van der Waals surface area contributed by atoms with Gasteiger partial charge in [-0.3, -0.25) is 14.4 Å². The van der Waals surface area contributed by atoms with Crippen molar-refractivity contribution in [3.05, 3.63) is 35.4 Å². The molecule has 0 bridgehead atoms. The topological polar surface area (TPSA) is 69.7 Å². The van der Waals surface area contributed by atoms with Gasteiger partial charge in [0.15, 0.2) is 0 Å². The van der Waals surface area contributed by atoms with E-state index in [4.69, 9.17) is 0 Å². The summed E-state index contributed by atoms with van der Waals surface area (Å²) in [7, 11) is 0. The van der Waals surface area contributed by atoms with Crippen LogP contribution in [0.4, 0.5) is 0 Å². The van der Waals surface area contributed by atoms with Crippen molar-refractivity contribution in [1.29, 1.82) is 0 Å². The summed E-state index contributed by atoms with van der Waals surface area (Å²) in [6.07, 6.45) is 2.04. The summed E-state index contributed by atoms with van der Waals surface area (Å²) < 4.78 is 0. The largest absolute Gasteiger partial charge is 0.340 e. The fourth-order valence-corrected chi connectivity index (χ4v) is 3.72. The Bertz CT molecular complexity index is 737. The normalized spacial score (nSPS) is 15.4. The number of carbonyl (C=O) groups is 3. The van der Waals surface area contributed by atoms with E-state index in [0.29, 0.717) is 50.5 Å². The quantitative estimate of drug-likeness (QED) is 0.709. The lowest BCUT2D eigenvalue weighted by molar-refractivity contribution is -0.141. The van der Waals surface area contributed by atoms with Crippen LogP contribution in [0.5, 0.6) is 0 Å². The first kappa shape index (κ1) is 23.9. The lowest BCUT2D eigenvalue weighted by atomic mass is 10.0. The van der Waals surface area contributed by atoms with Crippen molar-refractivity contribution in [2.24, 2.45) is 11.8 Å². The average molecular weight is 416 g/mol. The zero-order chi connectivity index (χ0) is 22.3. The molecule has 0 aliphatic carbocycles. The summed E-state index contributed by atoms with van der Waals surface area (Å²) in [4.78, 5) is 42.0. The van der Waals surface area contributed by atoms with Crippen LogP contribution in [0.3, 0.4) is 0 Å². The Labute approximate surface area is 181 Å². The molecule has 166 valence electrons. The van der Waals surface area contributed by atoms with Gasteiger partial charge < -0.3 is 15.1 Å². The Kier molecular flexibility index (Phi) is 8.88. The molecule has 0 saturated carbocycles. The van der Waals surface area contributed by atoms with E-state index in [1.165, 1.54) is 0 Å². The van der Waals surface area contributed by atoms with Crippen molar-refractivity contribution in [3.8, 4) is 0 Å². The molecule has 1 aliphatic heterocycles. The number of benzene rings is 1. The van der Waals surface area contributed by atoms with Gasteiger partial charge in [-0.25, -0.2) is 0 Å². The van der Waals surface area contributed by atoms with Crippen LogP contribution in [-0.2, 0) is 9.59 Å². The van der Waals surface area contributed by atoms with E-state index in [2.05, 4.69) is 19.2 Å². The molecule has 0 aromatic heterocycles. The molecule has 1 aliphatic rings. The monoisotopic (exact) mass is 415 g/mol. The highest BCUT2D eigenvalue weighted by molar-refractivity contribution is 5.98. The second-order valence-corrected chi connectivity index (χ2v) is 9.11. The van der Waals surface area contributed by atoms with Crippen molar-refractivity contribution in [2.45, 2.75) is 59.9 Å². The van der Waals surface area contributed by atoms with Crippen LogP contribution < -0.4 is 5.32 Å². The third-order valence-corrected chi connectivity index (χ3v) is 5.58. The molecule has 6 heteroatoms. The minimum Gasteiger partial charge on any atom is -0.340 e. The third kappa shape index (κ3) is 6.85. The van der Waals surface area contributed by atoms with Gasteiger partial charge in [0.1, 0.15) is 6.04 Å². The summed E-state index contributed by atoms with van der Waals surface area (Å²) in [5.74, 6) is 0.678. The maximum absolute atomic E-state index is 13.2. The number of aryl methyl sites for hydroxylation is 1. The molecule has 2 rings (SSSR count). The lowest BCUT2D eigenvalue weighted by Gasteiger charge is -2.37. The molecule has 1 fully saturated rings. The standard InChI is InChI=1S/C24H37N3O3/c1-17(2)10-11-22(28)26-12-14-27(15-13-26)24(30)21(16-18(3)4)25-23(29)20-9-7-6-8-19(20)5/h6-9,17-18,21H,10-16H2,1-5H3,(H,25,29). The lowest BCUT2D eigenvalue weighted by Crippen LogP contribution is -2.56. The van der Waals surface area contributed by atoms with E-state index in [1.54, 1.807) is 11.0 Å². The molecule has 1 aromatic rings. The number of nitrogens with one attached hydrogen (secondary N) is 1. The maximum atomic E-state index is 13.2. The molecule has 1 unspecified atom stereocenters. The van der Waals surface area contributed by atoms with E-state index in [1.807, 2.05) is 43.9 Å². The van der Waals surface area contributed by atoms with Crippen molar-refractivity contribution in [3.63, 3.8) is 0 Å². The van der Waals surface area contributed by atoms with Crippen LogP contribution in [0.15, 0.2) is 24.3 Å². The van der Waals surface area contributed by atoms with Crippen molar-refractivity contribution in [2.75, 3.05) is 26.2 Å². The molecular weight excluding hydrogens is 378 g/mol. The highest BCUT2D eigenvalue weighted by Gasteiger charge is 2.30. The van der Waals surface area contributed by atoms with Crippen LogP contribution in [-0.4, -0.2) is 59.7 Å². The number of nitrogens with zero attached hydrogens (tertiary/aromatic N) is 2. The van der Waals surface area contributed by atoms with E-state index < -0.39 is 6.04 Å². The number of rotatable bonds is 8. The zero-order valence-electron chi connectivity index (χ0n) is 19.1. The van der Waals surface area contributed by atoms with Crippen molar-refractivity contribution in [1.82, 2.24) is 15.1 Å². The van der Waals surface area contributed by atoms with Gasteiger partial charge in [-0.2, -0.15) is 0 Å². The second kappa shape index (κ2) is 11.1. The molecule has 6 nitrogen and oxygen atoms in total. The average Bonchev–Trinajstić information content (AvgIpc) is 2.71. The Morgan fingerprint density at radius 1 is 0.933 bits per heavy atom. The SMILES string of the molecule is Cc1ccccc1C(=O)NC(CC(C)C)C(=O)N1CCN(C(=O)CCC(C)C)CC1. The van der Waals surface area contributed by atoms with E-state index in [9.17, 15) is 14.4 Å². The van der Waals surface area contributed by atoms with Crippen molar-refractivity contribution >= 4 is 17.7 Å². The summed E-state index contributed by atoms with van der Waals surface area (Å²) in [6, 6.07) is 6.84. The van der Waals surface area contributed by atoms with E-state index >= 15 is 0 Å². The minimum absolute atomic E-state index is 0.0556. The highest BCUT2D eigenvalue weighted by atomic mass is 16.2. The smallest absolute Gasteiger partial charge is 0.252 e. The van der Waals surface area contributed by atoms with Gasteiger partial charge in [-0.1, -0.05) is 45.9 Å². The Morgan fingerprint density at radius 3 is 2.10 bits per heavy atom. The van der Waals surface area contributed by atoms with Gasteiger partial charge in [0.05, 0.1) is 0 Å². The Morgan fingerprint density at radius 2 is 1.53 bits per heavy atom. The fraction of sp³-hybridized carbons (Fsp3) is 0.625. The number of piperazine rings is 1. The zero-order valence-corrected chi connectivity index (χ0v) is 19.1. The summed E-state index contributed by atoms with van der Waals surface area (Å²) >= 11 is 0. The third-order valence-electron chi connectivity index (χ3n) is 5.58. The predicted octanol–water partition coefficient (Wildman–Crippen LogP) is 3.25. The number of hydrogen-bond donors (Lipinski definition) is 1. The van der Waals surface area contributed by atoms with Gasteiger partial charge in [0.2, 0.25) is 11.8 Å². The molecule has 0 radical (unpaired) electrons. The molecule has 1 heterocycles. The van der Waals surface area contributed by atoms with Crippen LogP contribution in [0.25, 0.3) is 0 Å². The molecular formula is C24H37N3O3. The summed E-state index contributed by atoms with van der Waals surface area (Å²) in [6.45, 7) is 12.4. The van der Waals surface area contributed by atoms with Gasteiger partial charge in [-0.15, -0.1) is 0 Å². The fourth-order valence-electron chi connectivity index (χ4n) is 3.72. The molecule has 1 aromatic carbocycles. The maximum Gasteiger partial charge on any atom is 0.252 e. The van der Waals surface area contributed by atoms with Gasteiger partial charge in [0.25, 0.3) is 5.91 Å². The van der Waals surface area contributed by atoms with Crippen LogP contribution in [0.1, 0.15) is 62.9 Å². The number of carbonyl (C=O) groups excluding carboxylic acids is 3. The first-order valence-corrected chi connectivity index (χ1v) is 11.1. The molecule has 0 spiro atoms. The summed E-state index contributed by atoms with van der Waals surface area (Å²) in [5, 5.41) is 2.96. The Hall–Kier alpha value is -2.37. The van der Waals surface area contributed by atoms with Crippen LogP contribution >= 0.6 is 0 Å². The second-order valence-electron chi connectivity index (χ2n) is 9.11. The predicted molar refractivity (Wildman–Crippen MR) is 119 cm³/mol. The van der Waals surface area contributed by atoms with Crippen LogP contribution in [0.2, 0.25) is 0 Å². The van der Waals surface area contributed by atoms with Crippen molar-refractivity contribution < 1.29 is 14.4 Å². The molecule has 30 heavy (non-hydrogen) atoms.